The molecule has 0 aliphatic heterocycles. The molecule has 4 rings (SSSR count). The van der Waals surface area contributed by atoms with E-state index in [1.165, 1.54) is 12.3 Å². The maximum atomic E-state index is 13.7. The Balaban J connectivity index is 1.62. The zero-order valence-electron chi connectivity index (χ0n) is 13.8. The van der Waals surface area contributed by atoms with Crippen LogP contribution in [0.5, 0.6) is 0 Å². The molecular weight excluding hydrogens is 340 g/mol. The highest BCUT2D eigenvalue weighted by molar-refractivity contribution is 5.87. The number of pyridine rings is 1. The molecule has 5 nitrogen and oxygen atoms in total. The summed E-state index contributed by atoms with van der Waals surface area (Å²) in [5.41, 5.74) is 1.50. The van der Waals surface area contributed by atoms with Gasteiger partial charge in [0.25, 0.3) is 5.92 Å². The normalized spacial score (nSPS) is 17.8. The van der Waals surface area contributed by atoms with Gasteiger partial charge >= 0.3 is 5.97 Å². The number of benzene rings is 1. The minimum Gasteiger partial charge on any atom is -0.478 e. The first-order valence-corrected chi connectivity index (χ1v) is 8.26. The number of fused-ring (bicyclic) bond motifs is 1. The largest absolute Gasteiger partial charge is 0.478 e. The van der Waals surface area contributed by atoms with E-state index in [0.717, 1.165) is 5.56 Å². The quantitative estimate of drug-likeness (QED) is 0.734. The first-order valence-electron chi connectivity index (χ1n) is 8.26. The Labute approximate surface area is 148 Å². The fraction of sp³-hybridized carbons (Fsp3) is 0.263. The van der Waals surface area contributed by atoms with Crippen molar-refractivity contribution in [2.45, 2.75) is 30.8 Å². The van der Waals surface area contributed by atoms with Gasteiger partial charge in [0, 0.05) is 25.6 Å². The van der Waals surface area contributed by atoms with Gasteiger partial charge in [-0.3, -0.25) is 0 Å². The van der Waals surface area contributed by atoms with Crippen LogP contribution in [0.4, 0.5) is 8.78 Å². The molecule has 3 aromatic rings. The highest BCUT2D eigenvalue weighted by Gasteiger charge is 2.57. The molecule has 0 bridgehead atoms. The highest BCUT2D eigenvalue weighted by atomic mass is 19.3. The molecular formula is C19H17F2N3O2. The molecule has 0 radical (unpaired) electrons. The van der Waals surface area contributed by atoms with Gasteiger partial charge in [0.05, 0.1) is 23.0 Å². The van der Waals surface area contributed by atoms with E-state index < -0.39 is 17.4 Å². The Bertz CT molecular complexity index is 961. The topological polar surface area (TPSA) is 66.6 Å². The fourth-order valence-corrected chi connectivity index (χ4v) is 3.57. The first kappa shape index (κ1) is 16.7. The summed E-state index contributed by atoms with van der Waals surface area (Å²) in [4.78, 5) is 15.4. The van der Waals surface area contributed by atoms with Crippen LogP contribution in [-0.2, 0) is 12.1 Å². The van der Waals surface area contributed by atoms with Crippen LogP contribution in [0, 0.1) is 0 Å². The molecule has 0 unspecified atom stereocenters. The van der Waals surface area contributed by atoms with E-state index in [2.05, 4.69) is 10.3 Å². The molecule has 0 saturated heterocycles. The molecule has 1 aromatic carbocycles. The standard InChI is InChI=1S/C19H17F2N3O2/c20-19(21)11-18(12-19,14-4-2-1-3-5-14)23-9-15-8-22-16-7-6-13(17(25)26)10-24(15)16/h1-8,10,23H,9,11-12H2,(H,25,26). The van der Waals surface area contributed by atoms with Gasteiger partial charge < -0.3 is 14.8 Å². The third-order valence-electron chi connectivity index (χ3n) is 4.88. The van der Waals surface area contributed by atoms with E-state index in [0.29, 0.717) is 17.9 Å². The van der Waals surface area contributed by atoms with Gasteiger partial charge in [-0.2, -0.15) is 0 Å². The number of aromatic nitrogens is 2. The number of halogens is 2. The van der Waals surface area contributed by atoms with Crippen LogP contribution < -0.4 is 5.32 Å². The van der Waals surface area contributed by atoms with Crippen LogP contribution in [-0.4, -0.2) is 26.4 Å². The van der Waals surface area contributed by atoms with Crippen LogP contribution in [0.2, 0.25) is 0 Å². The molecule has 0 spiro atoms. The average Bonchev–Trinajstić information content (AvgIpc) is 3.01. The summed E-state index contributed by atoms with van der Waals surface area (Å²) in [5, 5.41) is 12.4. The van der Waals surface area contributed by atoms with E-state index >= 15 is 0 Å². The number of hydrogen-bond donors (Lipinski definition) is 2. The molecule has 2 N–H and O–H groups in total. The minimum atomic E-state index is -2.68. The second-order valence-corrected chi connectivity index (χ2v) is 6.71. The lowest BCUT2D eigenvalue weighted by Crippen LogP contribution is -2.58. The number of hydrogen-bond acceptors (Lipinski definition) is 3. The Hall–Kier alpha value is -2.80. The maximum Gasteiger partial charge on any atom is 0.337 e. The molecule has 2 heterocycles. The van der Waals surface area contributed by atoms with Crippen LogP contribution in [0.3, 0.4) is 0 Å². The minimum absolute atomic E-state index is 0.143. The maximum absolute atomic E-state index is 13.7. The molecule has 1 aliphatic rings. The monoisotopic (exact) mass is 357 g/mol. The lowest BCUT2D eigenvalue weighted by molar-refractivity contribution is -0.138. The Morgan fingerprint density at radius 2 is 1.92 bits per heavy atom. The summed E-state index contributed by atoms with van der Waals surface area (Å²) in [6.07, 6.45) is 2.60. The smallest absolute Gasteiger partial charge is 0.337 e. The predicted molar refractivity (Wildman–Crippen MR) is 91.3 cm³/mol. The number of carboxylic acid groups (broad SMARTS) is 1. The second-order valence-electron chi connectivity index (χ2n) is 6.71. The number of imidazole rings is 1. The van der Waals surface area contributed by atoms with E-state index in [1.54, 1.807) is 16.7 Å². The van der Waals surface area contributed by atoms with Crippen molar-refractivity contribution in [1.82, 2.24) is 14.7 Å². The number of nitrogens with one attached hydrogen (secondary N) is 1. The Kier molecular flexibility index (Phi) is 3.77. The van der Waals surface area contributed by atoms with Crippen molar-refractivity contribution in [3.63, 3.8) is 0 Å². The summed E-state index contributed by atoms with van der Waals surface area (Å²) in [6.45, 7) is 0.301. The number of aromatic carboxylic acids is 1. The molecule has 2 aromatic heterocycles. The Morgan fingerprint density at radius 1 is 1.19 bits per heavy atom. The van der Waals surface area contributed by atoms with Crippen molar-refractivity contribution in [3.8, 4) is 0 Å². The number of nitrogens with zero attached hydrogens (tertiary/aromatic N) is 2. The lowest BCUT2D eigenvalue weighted by atomic mass is 9.69. The molecule has 1 fully saturated rings. The molecule has 1 saturated carbocycles. The van der Waals surface area contributed by atoms with Crippen molar-refractivity contribution in [2.24, 2.45) is 0 Å². The van der Waals surface area contributed by atoms with Gasteiger partial charge in [0.2, 0.25) is 0 Å². The third-order valence-corrected chi connectivity index (χ3v) is 4.88. The van der Waals surface area contributed by atoms with Gasteiger partial charge in [-0.1, -0.05) is 30.3 Å². The molecule has 134 valence electrons. The van der Waals surface area contributed by atoms with Crippen LogP contribution in [0.15, 0.2) is 54.9 Å². The molecule has 26 heavy (non-hydrogen) atoms. The van der Waals surface area contributed by atoms with E-state index in [9.17, 15) is 13.6 Å². The fourth-order valence-electron chi connectivity index (χ4n) is 3.57. The first-order chi connectivity index (χ1) is 12.4. The molecule has 7 heteroatoms. The number of alkyl halides is 2. The van der Waals surface area contributed by atoms with Crippen molar-refractivity contribution in [2.75, 3.05) is 0 Å². The number of rotatable bonds is 5. The van der Waals surface area contributed by atoms with Gasteiger partial charge in [-0.05, 0) is 17.7 Å². The molecule has 1 aliphatic carbocycles. The van der Waals surface area contributed by atoms with Crippen molar-refractivity contribution >= 4 is 11.6 Å². The summed E-state index contributed by atoms with van der Waals surface area (Å²) in [5.74, 6) is -3.71. The summed E-state index contributed by atoms with van der Waals surface area (Å²) < 4.78 is 29.0. The van der Waals surface area contributed by atoms with Gasteiger partial charge in [-0.15, -0.1) is 0 Å². The zero-order chi connectivity index (χ0) is 18.4. The third kappa shape index (κ3) is 2.84. The van der Waals surface area contributed by atoms with Gasteiger partial charge in [0.1, 0.15) is 5.65 Å². The summed E-state index contributed by atoms with van der Waals surface area (Å²) in [7, 11) is 0. The number of carbonyl (C=O) groups is 1. The molecule has 0 atom stereocenters. The summed E-state index contributed by atoms with van der Waals surface area (Å²) >= 11 is 0. The second kappa shape index (κ2) is 5.88. The van der Waals surface area contributed by atoms with Gasteiger partial charge in [-0.25, -0.2) is 18.6 Å². The van der Waals surface area contributed by atoms with Crippen LogP contribution >= 0.6 is 0 Å². The van der Waals surface area contributed by atoms with Crippen LogP contribution in [0.1, 0.15) is 34.5 Å². The van der Waals surface area contributed by atoms with E-state index in [-0.39, 0.29) is 18.4 Å². The summed E-state index contributed by atoms with van der Waals surface area (Å²) in [6, 6.07) is 12.3. The van der Waals surface area contributed by atoms with Crippen molar-refractivity contribution in [1.29, 1.82) is 0 Å². The van der Waals surface area contributed by atoms with Crippen molar-refractivity contribution < 1.29 is 18.7 Å². The predicted octanol–water partition coefficient (Wildman–Crippen LogP) is 3.45. The SMILES string of the molecule is O=C(O)c1ccc2ncc(CNC3(c4ccccc4)CC(F)(F)C3)n2c1. The van der Waals surface area contributed by atoms with Gasteiger partial charge in [0.15, 0.2) is 0 Å². The Morgan fingerprint density at radius 3 is 2.58 bits per heavy atom. The van der Waals surface area contributed by atoms with Crippen LogP contribution in [0.25, 0.3) is 5.65 Å². The highest BCUT2D eigenvalue weighted by Crippen LogP contribution is 2.51. The zero-order valence-corrected chi connectivity index (χ0v) is 13.8. The number of carboxylic acids is 1. The molecule has 0 amide bonds. The lowest BCUT2D eigenvalue weighted by Gasteiger charge is -2.48. The van der Waals surface area contributed by atoms with Crippen molar-refractivity contribution in [3.05, 3.63) is 71.7 Å². The van der Waals surface area contributed by atoms with E-state index in [1.807, 2.05) is 30.3 Å². The van der Waals surface area contributed by atoms with E-state index in [4.69, 9.17) is 5.11 Å². The average molecular weight is 357 g/mol.